The molecule has 0 spiro atoms. The van der Waals surface area contributed by atoms with E-state index < -0.39 is 15.7 Å². The topological polar surface area (TPSA) is 85.3 Å². The molecule has 0 bridgehead atoms. The van der Waals surface area contributed by atoms with E-state index in [1.807, 2.05) is 29.2 Å². The largest absolute Gasteiger partial charge is 0.493 e. The predicted molar refractivity (Wildman–Crippen MR) is 122 cm³/mol. The number of rotatable bonds is 4. The van der Waals surface area contributed by atoms with E-state index in [1.54, 1.807) is 18.2 Å². The van der Waals surface area contributed by atoms with Crippen molar-refractivity contribution >= 4 is 54.3 Å². The molecular weight excluding hydrogens is 492 g/mol. The summed E-state index contributed by atoms with van der Waals surface area (Å²) in [7, 11) is -0.0903. The van der Waals surface area contributed by atoms with Crippen LogP contribution >= 0.6 is 27.7 Å². The van der Waals surface area contributed by atoms with Crippen LogP contribution in [0, 0.1) is 0 Å². The zero-order valence-electron chi connectivity index (χ0n) is 16.2. The number of fused-ring (bicyclic) bond motifs is 1. The van der Waals surface area contributed by atoms with Gasteiger partial charge in [-0.3, -0.25) is 4.79 Å². The van der Waals surface area contributed by atoms with Crippen LogP contribution in [-0.2, 0) is 9.84 Å². The van der Waals surface area contributed by atoms with E-state index in [-0.39, 0.29) is 22.8 Å². The molecule has 0 aliphatic carbocycles. The number of halogens is 1. The molecule has 0 saturated carbocycles. The summed E-state index contributed by atoms with van der Waals surface area (Å²) in [5.41, 5.74) is 1.16. The number of amides is 1. The zero-order chi connectivity index (χ0) is 21.5. The Morgan fingerprint density at radius 3 is 2.47 bits per heavy atom. The number of amidine groups is 1. The molecule has 10 heteroatoms. The van der Waals surface area contributed by atoms with Crippen LogP contribution in [0.5, 0.6) is 11.5 Å². The fourth-order valence-electron chi connectivity index (χ4n) is 3.59. The van der Waals surface area contributed by atoms with Crippen LogP contribution in [-0.4, -0.2) is 56.5 Å². The van der Waals surface area contributed by atoms with Crippen LogP contribution in [0.2, 0.25) is 0 Å². The number of ether oxygens (including phenoxy) is 2. The first-order valence-corrected chi connectivity index (χ1v) is 12.6. The lowest BCUT2D eigenvalue weighted by Gasteiger charge is -2.24. The minimum absolute atomic E-state index is 0.0459. The SMILES string of the molecule is COc1ccc(C(=O)N=C2SC3CS(=O)(=O)CC3N2c2ccc(Br)cc2)cc1OC. The van der Waals surface area contributed by atoms with Crippen molar-refractivity contribution in [3.8, 4) is 11.5 Å². The highest BCUT2D eigenvalue weighted by Gasteiger charge is 2.49. The second-order valence-electron chi connectivity index (χ2n) is 6.92. The molecule has 2 aromatic carbocycles. The number of carbonyl (C=O) groups excluding carboxylic acids is 1. The average Bonchev–Trinajstić information content (AvgIpc) is 3.18. The lowest BCUT2D eigenvalue weighted by molar-refractivity contribution is 0.100. The van der Waals surface area contributed by atoms with E-state index >= 15 is 0 Å². The van der Waals surface area contributed by atoms with Crippen molar-refractivity contribution in [1.29, 1.82) is 0 Å². The molecular formula is C20H19BrN2O5S2. The van der Waals surface area contributed by atoms with Gasteiger partial charge in [-0.2, -0.15) is 4.99 Å². The van der Waals surface area contributed by atoms with Gasteiger partial charge in [0.2, 0.25) is 0 Å². The third kappa shape index (κ3) is 4.08. The Balaban J connectivity index is 1.70. The number of anilines is 1. The quantitative estimate of drug-likeness (QED) is 0.622. The van der Waals surface area contributed by atoms with Crippen molar-refractivity contribution in [3.05, 3.63) is 52.5 Å². The molecule has 2 aromatic rings. The maximum atomic E-state index is 12.9. The third-order valence-corrected chi connectivity index (χ3v) is 8.74. The highest BCUT2D eigenvalue weighted by atomic mass is 79.9. The Bertz CT molecular complexity index is 1120. The van der Waals surface area contributed by atoms with Crippen LogP contribution in [0.4, 0.5) is 5.69 Å². The average molecular weight is 511 g/mol. The summed E-state index contributed by atoms with van der Waals surface area (Å²) < 4.78 is 35.7. The minimum Gasteiger partial charge on any atom is -0.493 e. The van der Waals surface area contributed by atoms with Crippen molar-refractivity contribution in [1.82, 2.24) is 0 Å². The van der Waals surface area contributed by atoms with Gasteiger partial charge in [0.25, 0.3) is 5.91 Å². The first kappa shape index (κ1) is 21.2. The number of hydrogen-bond donors (Lipinski definition) is 0. The van der Waals surface area contributed by atoms with E-state index in [1.165, 1.54) is 26.0 Å². The first-order valence-electron chi connectivity index (χ1n) is 9.08. The molecule has 158 valence electrons. The number of nitrogens with zero attached hydrogens (tertiary/aromatic N) is 2. The summed E-state index contributed by atoms with van der Waals surface area (Å²) in [6, 6.07) is 12.1. The normalized spacial score (nSPS) is 23.4. The standard InChI is InChI=1S/C20H19BrN2O5S2/c1-27-16-8-3-12(9-17(16)28-2)19(24)22-20-23(14-6-4-13(21)5-7-14)15-10-30(25,26)11-18(15)29-20/h3-9,15,18H,10-11H2,1-2H3. The number of methoxy groups -OCH3 is 2. The third-order valence-electron chi connectivity index (χ3n) is 5.00. The van der Waals surface area contributed by atoms with E-state index in [2.05, 4.69) is 20.9 Å². The molecule has 2 unspecified atom stereocenters. The van der Waals surface area contributed by atoms with Crippen LogP contribution in [0.1, 0.15) is 10.4 Å². The number of thioether (sulfide) groups is 1. The molecule has 2 fully saturated rings. The fraction of sp³-hybridized carbons (Fsp3) is 0.300. The van der Waals surface area contributed by atoms with E-state index in [9.17, 15) is 13.2 Å². The molecule has 0 radical (unpaired) electrons. The smallest absolute Gasteiger partial charge is 0.279 e. The van der Waals surface area contributed by atoms with Crippen LogP contribution in [0.3, 0.4) is 0 Å². The van der Waals surface area contributed by atoms with Crippen molar-refractivity contribution in [2.75, 3.05) is 30.6 Å². The molecule has 2 saturated heterocycles. The van der Waals surface area contributed by atoms with Crippen LogP contribution < -0.4 is 14.4 Å². The van der Waals surface area contributed by atoms with Crippen molar-refractivity contribution in [2.24, 2.45) is 4.99 Å². The van der Waals surface area contributed by atoms with Crippen molar-refractivity contribution in [3.63, 3.8) is 0 Å². The maximum Gasteiger partial charge on any atom is 0.279 e. The van der Waals surface area contributed by atoms with Gasteiger partial charge in [-0.05, 0) is 42.5 Å². The second kappa shape index (κ2) is 8.24. The Hall–Kier alpha value is -2.04. The summed E-state index contributed by atoms with van der Waals surface area (Å²) in [5, 5.41) is 0.345. The van der Waals surface area contributed by atoms with Crippen LogP contribution in [0.15, 0.2) is 51.9 Å². The molecule has 7 nitrogen and oxygen atoms in total. The molecule has 2 aliphatic rings. The summed E-state index contributed by atoms with van der Waals surface area (Å²) in [6.07, 6.45) is 0. The van der Waals surface area contributed by atoms with E-state index in [4.69, 9.17) is 9.47 Å². The molecule has 2 heterocycles. The molecule has 1 amide bonds. The minimum atomic E-state index is -3.12. The Morgan fingerprint density at radius 1 is 1.10 bits per heavy atom. The number of carbonyl (C=O) groups is 1. The van der Waals surface area contributed by atoms with Gasteiger partial charge in [0.1, 0.15) is 0 Å². The number of aliphatic imine (C=N–C) groups is 1. The van der Waals surface area contributed by atoms with Gasteiger partial charge >= 0.3 is 0 Å². The predicted octanol–water partition coefficient (Wildman–Crippen LogP) is 3.38. The van der Waals surface area contributed by atoms with Gasteiger partial charge in [0.05, 0.1) is 31.8 Å². The van der Waals surface area contributed by atoms with E-state index in [0.717, 1.165) is 10.2 Å². The fourth-order valence-corrected chi connectivity index (χ4v) is 7.77. The van der Waals surface area contributed by atoms with E-state index in [0.29, 0.717) is 22.2 Å². The molecule has 2 atom stereocenters. The van der Waals surface area contributed by atoms with Crippen molar-refractivity contribution < 1.29 is 22.7 Å². The highest BCUT2D eigenvalue weighted by molar-refractivity contribution is 9.10. The number of hydrogen-bond acceptors (Lipinski definition) is 6. The molecule has 4 rings (SSSR count). The number of sulfone groups is 1. The highest BCUT2D eigenvalue weighted by Crippen LogP contribution is 2.41. The summed E-state index contributed by atoms with van der Waals surface area (Å²) in [5.74, 6) is 0.662. The number of benzene rings is 2. The lowest BCUT2D eigenvalue weighted by Crippen LogP contribution is -2.37. The Labute approximate surface area is 187 Å². The van der Waals surface area contributed by atoms with Gasteiger partial charge in [-0.15, -0.1) is 0 Å². The van der Waals surface area contributed by atoms with Gasteiger partial charge in [0.15, 0.2) is 26.5 Å². The molecule has 30 heavy (non-hydrogen) atoms. The molecule has 0 aromatic heterocycles. The molecule has 2 aliphatic heterocycles. The Morgan fingerprint density at radius 2 is 1.80 bits per heavy atom. The maximum absolute atomic E-state index is 12.9. The van der Waals surface area contributed by atoms with Gasteiger partial charge in [0, 0.05) is 21.0 Å². The lowest BCUT2D eigenvalue weighted by atomic mass is 10.2. The first-order chi connectivity index (χ1) is 14.3. The summed E-state index contributed by atoms with van der Waals surface area (Å²) in [4.78, 5) is 19.1. The zero-order valence-corrected chi connectivity index (χ0v) is 19.5. The molecule has 0 N–H and O–H groups in total. The summed E-state index contributed by atoms with van der Waals surface area (Å²) >= 11 is 4.75. The van der Waals surface area contributed by atoms with Crippen LogP contribution in [0.25, 0.3) is 0 Å². The second-order valence-corrected chi connectivity index (χ2v) is 11.2. The van der Waals surface area contributed by atoms with Gasteiger partial charge in [-0.25, -0.2) is 8.42 Å². The monoisotopic (exact) mass is 510 g/mol. The van der Waals surface area contributed by atoms with Gasteiger partial charge in [-0.1, -0.05) is 27.7 Å². The summed E-state index contributed by atoms with van der Waals surface area (Å²) in [6.45, 7) is 0. The Kier molecular flexibility index (Phi) is 5.82. The van der Waals surface area contributed by atoms with Crippen molar-refractivity contribution in [2.45, 2.75) is 11.3 Å². The van der Waals surface area contributed by atoms with Gasteiger partial charge < -0.3 is 14.4 Å².